The number of carbonyl (C=O) groups is 1. The highest BCUT2D eigenvalue weighted by molar-refractivity contribution is 7.99. The number of nitrogens with zero attached hydrogens (tertiary/aromatic N) is 2. The number of rotatable bonds is 7. The molecule has 0 unspecified atom stereocenters. The van der Waals surface area contributed by atoms with Crippen LogP contribution >= 0.6 is 11.8 Å². The number of aryl methyl sites for hydroxylation is 1. The largest absolute Gasteiger partial charge is 0.497 e. The minimum Gasteiger partial charge on any atom is -0.497 e. The predicted molar refractivity (Wildman–Crippen MR) is 96.1 cm³/mol. The van der Waals surface area contributed by atoms with E-state index in [9.17, 15) is 4.79 Å². The van der Waals surface area contributed by atoms with Gasteiger partial charge in [-0.2, -0.15) is 0 Å². The maximum Gasteiger partial charge on any atom is 0.322 e. The first-order valence-electron chi connectivity index (χ1n) is 7.70. The Morgan fingerprint density at radius 1 is 1.12 bits per heavy atom. The van der Waals surface area contributed by atoms with Gasteiger partial charge in [0.25, 0.3) is 5.91 Å². The van der Waals surface area contributed by atoms with Crippen molar-refractivity contribution in [1.29, 1.82) is 0 Å². The molecule has 0 aliphatic rings. The van der Waals surface area contributed by atoms with Gasteiger partial charge in [-0.05, 0) is 36.4 Å². The molecule has 3 rings (SSSR count). The van der Waals surface area contributed by atoms with Gasteiger partial charge in [-0.25, -0.2) is 0 Å². The molecule has 0 radical (unpaired) electrons. The Labute approximate surface area is 149 Å². The van der Waals surface area contributed by atoms with Gasteiger partial charge in [-0.3, -0.25) is 10.1 Å². The molecule has 0 saturated carbocycles. The molecule has 128 valence electrons. The Hall–Kier alpha value is -2.80. The number of aromatic nitrogens is 2. The van der Waals surface area contributed by atoms with E-state index < -0.39 is 0 Å². The smallest absolute Gasteiger partial charge is 0.322 e. The van der Waals surface area contributed by atoms with Gasteiger partial charge in [-0.1, -0.05) is 23.3 Å². The van der Waals surface area contributed by atoms with Crippen LogP contribution in [0, 0.1) is 0 Å². The quantitative estimate of drug-likeness (QED) is 0.652. The van der Waals surface area contributed by atoms with Crippen molar-refractivity contribution in [3.8, 4) is 5.75 Å². The van der Waals surface area contributed by atoms with E-state index in [0.717, 1.165) is 5.75 Å². The molecule has 0 bridgehead atoms. The van der Waals surface area contributed by atoms with E-state index in [1.54, 1.807) is 43.1 Å². The maximum absolute atomic E-state index is 12.1. The number of benzene rings is 2. The lowest BCUT2D eigenvalue weighted by atomic mass is 10.2. The van der Waals surface area contributed by atoms with Crippen molar-refractivity contribution in [3.05, 3.63) is 66.1 Å². The Morgan fingerprint density at radius 3 is 2.60 bits per heavy atom. The summed E-state index contributed by atoms with van der Waals surface area (Å²) in [6, 6.07) is 17.0. The number of carbonyl (C=O) groups excluding carboxylic acids is 1. The molecule has 6 nitrogen and oxygen atoms in total. The number of nitrogens with one attached hydrogen (secondary N) is 1. The van der Waals surface area contributed by atoms with Crippen molar-refractivity contribution in [3.63, 3.8) is 0 Å². The number of anilines is 1. The van der Waals surface area contributed by atoms with E-state index in [-0.39, 0.29) is 11.9 Å². The lowest BCUT2D eigenvalue weighted by molar-refractivity contribution is 0.102. The normalized spacial score (nSPS) is 10.4. The van der Waals surface area contributed by atoms with E-state index in [4.69, 9.17) is 9.15 Å². The van der Waals surface area contributed by atoms with Gasteiger partial charge in [0.1, 0.15) is 5.75 Å². The third kappa shape index (κ3) is 4.84. The Bertz CT molecular complexity index is 819. The summed E-state index contributed by atoms with van der Waals surface area (Å²) in [6.45, 7) is 0. The van der Waals surface area contributed by atoms with Crippen molar-refractivity contribution in [2.45, 2.75) is 11.3 Å². The number of methoxy groups -OCH3 is 1. The van der Waals surface area contributed by atoms with E-state index in [0.29, 0.717) is 23.6 Å². The molecule has 7 heteroatoms. The van der Waals surface area contributed by atoms with Gasteiger partial charge < -0.3 is 9.15 Å². The molecule has 0 aliphatic carbocycles. The van der Waals surface area contributed by atoms with E-state index in [1.165, 1.54) is 4.90 Å². The second-order valence-corrected chi connectivity index (χ2v) is 6.26. The topological polar surface area (TPSA) is 77.2 Å². The highest BCUT2D eigenvalue weighted by Crippen LogP contribution is 2.19. The average molecular weight is 355 g/mol. The summed E-state index contributed by atoms with van der Waals surface area (Å²) >= 11 is 1.71. The summed E-state index contributed by atoms with van der Waals surface area (Å²) in [5.74, 6) is 1.69. The molecular weight excluding hydrogens is 338 g/mol. The van der Waals surface area contributed by atoms with Gasteiger partial charge in [0.2, 0.25) is 5.89 Å². The Balaban J connectivity index is 1.51. The second kappa shape index (κ2) is 8.34. The van der Waals surface area contributed by atoms with E-state index >= 15 is 0 Å². The zero-order valence-corrected chi connectivity index (χ0v) is 14.5. The first-order valence-corrected chi connectivity index (χ1v) is 8.69. The molecule has 0 saturated heterocycles. The summed E-state index contributed by atoms with van der Waals surface area (Å²) < 4.78 is 10.5. The fourth-order valence-corrected chi connectivity index (χ4v) is 2.95. The molecule has 1 heterocycles. The monoisotopic (exact) mass is 355 g/mol. The Kier molecular flexibility index (Phi) is 5.69. The zero-order valence-electron chi connectivity index (χ0n) is 13.6. The summed E-state index contributed by atoms with van der Waals surface area (Å²) in [5, 5.41) is 10.4. The molecule has 0 fully saturated rings. The standard InChI is InChI=1S/C18H17N3O3S/c1-23-14-9-7-13(8-10-14)17(22)19-18-21-20-16(24-18)11-12-25-15-5-3-2-4-6-15/h2-10H,11-12H2,1H3,(H,19,21,22). The molecule has 1 N–H and O–H groups in total. The van der Waals surface area contributed by atoms with Crippen LogP contribution in [0.15, 0.2) is 63.9 Å². The first kappa shape index (κ1) is 17.0. The van der Waals surface area contributed by atoms with Gasteiger partial charge in [0, 0.05) is 22.6 Å². The van der Waals surface area contributed by atoms with Crippen molar-refractivity contribution < 1.29 is 13.9 Å². The third-order valence-electron chi connectivity index (χ3n) is 3.37. The zero-order chi connectivity index (χ0) is 17.5. The number of thioether (sulfide) groups is 1. The molecular formula is C18H17N3O3S. The van der Waals surface area contributed by atoms with Crippen molar-refractivity contribution in [2.75, 3.05) is 18.2 Å². The lowest BCUT2D eigenvalue weighted by Crippen LogP contribution is -2.11. The molecule has 0 atom stereocenters. The van der Waals surface area contributed by atoms with Crippen LogP contribution in [0.4, 0.5) is 6.01 Å². The van der Waals surface area contributed by atoms with Gasteiger partial charge in [0.05, 0.1) is 7.11 Å². The number of ether oxygens (including phenoxy) is 1. The molecule has 0 aliphatic heterocycles. The lowest BCUT2D eigenvalue weighted by Gasteiger charge is -2.02. The van der Waals surface area contributed by atoms with Crippen LogP contribution in [0.1, 0.15) is 16.2 Å². The number of amides is 1. The van der Waals surface area contributed by atoms with Crippen molar-refractivity contribution >= 4 is 23.7 Å². The summed E-state index contributed by atoms with van der Waals surface area (Å²) in [7, 11) is 1.57. The summed E-state index contributed by atoms with van der Waals surface area (Å²) in [4.78, 5) is 13.3. The van der Waals surface area contributed by atoms with Crippen LogP contribution in [0.25, 0.3) is 0 Å². The molecule has 3 aromatic rings. The third-order valence-corrected chi connectivity index (χ3v) is 4.38. The minimum atomic E-state index is -0.309. The highest BCUT2D eigenvalue weighted by Gasteiger charge is 2.11. The molecule has 1 aromatic heterocycles. The fraction of sp³-hybridized carbons (Fsp3) is 0.167. The SMILES string of the molecule is COc1ccc(C(=O)Nc2nnc(CCSc3ccccc3)o2)cc1. The van der Waals surface area contributed by atoms with Crippen LogP contribution < -0.4 is 10.1 Å². The van der Waals surface area contributed by atoms with E-state index in [2.05, 4.69) is 27.6 Å². The molecule has 0 spiro atoms. The minimum absolute atomic E-state index is 0.0977. The molecule has 1 amide bonds. The van der Waals surface area contributed by atoms with Gasteiger partial charge in [-0.15, -0.1) is 16.9 Å². The van der Waals surface area contributed by atoms with Crippen LogP contribution in [-0.2, 0) is 6.42 Å². The van der Waals surface area contributed by atoms with Crippen molar-refractivity contribution in [1.82, 2.24) is 10.2 Å². The maximum atomic E-state index is 12.1. The summed E-state index contributed by atoms with van der Waals surface area (Å²) in [6.07, 6.45) is 0.630. The van der Waals surface area contributed by atoms with Crippen molar-refractivity contribution in [2.24, 2.45) is 0 Å². The van der Waals surface area contributed by atoms with Crippen LogP contribution in [0.2, 0.25) is 0 Å². The molecule has 25 heavy (non-hydrogen) atoms. The number of hydrogen-bond donors (Lipinski definition) is 1. The first-order chi connectivity index (χ1) is 12.2. The Morgan fingerprint density at radius 2 is 1.88 bits per heavy atom. The summed E-state index contributed by atoms with van der Waals surface area (Å²) in [5.41, 5.74) is 0.486. The predicted octanol–water partition coefficient (Wildman–Crippen LogP) is 3.67. The highest BCUT2D eigenvalue weighted by atomic mass is 32.2. The van der Waals surface area contributed by atoms with Crippen LogP contribution in [0.5, 0.6) is 5.75 Å². The van der Waals surface area contributed by atoms with E-state index in [1.807, 2.05) is 18.2 Å². The van der Waals surface area contributed by atoms with Gasteiger partial charge in [0.15, 0.2) is 0 Å². The fourth-order valence-electron chi connectivity index (χ4n) is 2.09. The van der Waals surface area contributed by atoms with Crippen LogP contribution in [0.3, 0.4) is 0 Å². The van der Waals surface area contributed by atoms with Gasteiger partial charge >= 0.3 is 6.01 Å². The molecule has 2 aromatic carbocycles. The van der Waals surface area contributed by atoms with Crippen LogP contribution in [-0.4, -0.2) is 29.0 Å². The average Bonchev–Trinajstić information content (AvgIpc) is 3.10. The second-order valence-electron chi connectivity index (χ2n) is 5.10. The number of hydrogen-bond acceptors (Lipinski definition) is 6.